The molecule has 0 saturated heterocycles. The highest BCUT2D eigenvalue weighted by Gasteiger charge is 2.06. The molecule has 1 N–H and O–H groups in total. The van der Waals surface area contributed by atoms with Gasteiger partial charge in [0.15, 0.2) is 0 Å². The van der Waals surface area contributed by atoms with Gasteiger partial charge >= 0.3 is 0 Å². The second-order valence-corrected chi connectivity index (χ2v) is 5.07. The van der Waals surface area contributed by atoms with Crippen molar-refractivity contribution in [2.45, 2.75) is 13.2 Å². The Kier molecular flexibility index (Phi) is 5.30. The summed E-state index contributed by atoms with van der Waals surface area (Å²) < 4.78 is 5.13. The first-order valence-electron chi connectivity index (χ1n) is 6.48. The lowest BCUT2D eigenvalue weighted by molar-refractivity contribution is 0.185. The number of ether oxygens (including phenoxy) is 1. The van der Waals surface area contributed by atoms with Crippen molar-refractivity contribution >= 4 is 23.5 Å². The fraction of sp³-hybridized carbons (Fsp3) is 0.357. The first-order chi connectivity index (χ1) is 10.1. The van der Waals surface area contributed by atoms with Crippen LogP contribution in [0.5, 0.6) is 0 Å². The Bertz CT molecular complexity index is 606. The number of halogens is 1. The third kappa shape index (κ3) is 4.54. The van der Waals surface area contributed by atoms with E-state index in [1.807, 2.05) is 32.3 Å². The zero-order valence-electron chi connectivity index (χ0n) is 12.3. The summed E-state index contributed by atoms with van der Waals surface area (Å²) in [6.45, 7) is 1.20. The van der Waals surface area contributed by atoms with Crippen molar-refractivity contribution in [2.75, 3.05) is 31.4 Å². The van der Waals surface area contributed by atoms with Gasteiger partial charge in [-0.1, -0.05) is 24.3 Å². The molecule has 0 unspecified atom stereocenters. The molecule has 0 atom stereocenters. The van der Waals surface area contributed by atoms with Crippen molar-refractivity contribution < 1.29 is 4.74 Å². The van der Waals surface area contributed by atoms with Crippen molar-refractivity contribution in [1.82, 2.24) is 15.0 Å². The smallest absolute Gasteiger partial charge is 0.230 e. The fourth-order valence-electron chi connectivity index (χ4n) is 1.80. The summed E-state index contributed by atoms with van der Waals surface area (Å²) in [7, 11) is 5.38. The molecule has 0 saturated carbocycles. The largest absolute Gasteiger partial charge is 0.380 e. The third-order valence-corrected chi connectivity index (χ3v) is 2.92. The van der Waals surface area contributed by atoms with Crippen LogP contribution in [0.3, 0.4) is 0 Å². The number of hydrogen-bond donors (Lipinski definition) is 1. The molecule has 1 aromatic carbocycles. The van der Waals surface area contributed by atoms with Gasteiger partial charge < -0.3 is 15.0 Å². The number of methoxy groups -OCH3 is 1. The highest BCUT2D eigenvalue weighted by atomic mass is 35.5. The number of hydrogen-bond acceptors (Lipinski definition) is 6. The van der Waals surface area contributed by atoms with Crippen LogP contribution >= 0.6 is 11.6 Å². The minimum Gasteiger partial charge on any atom is -0.380 e. The van der Waals surface area contributed by atoms with Crippen molar-refractivity contribution in [3.05, 3.63) is 40.7 Å². The standard InChI is InChI=1S/C14H18ClN5O/c1-20(2)14-18-12(15)17-13(19-14)16-8-10-5-4-6-11(7-10)9-21-3/h4-7H,8-9H2,1-3H3,(H,16,17,18,19). The predicted molar refractivity (Wildman–Crippen MR) is 83.6 cm³/mol. The Hall–Kier alpha value is -1.92. The van der Waals surface area contributed by atoms with E-state index in [4.69, 9.17) is 16.3 Å². The maximum atomic E-state index is 5.90. The van der Waals surface area contributed by atoms with Crippen LogP contribution in [0.15, 0.2) is 24.3 Å². The zero-order valence-corrected chi connectivity index (χ0v) is 13.1. The van der Waals surface area contributed by atoms with Gasteiger partial charge in [-0.05, 0) is 22.7 Å². The molecule has 0 amide bonds. The van der Waals surface area contributed by atoms with Crippen LogP contribution in [0, 0.1) is 0 Å². The van der Waals surface area contributed by atoms with E-state index in [0.29, 0.717) is 25.0 Å². The lowest BCUT2D eigenvalue weighted by atomic mass is 10.1. The lowest BCUT2D eigenvalue weighted by Crippen LogP contribution is -2.15. The molecule has 0 aliphatic carbocycles. The predicted octanol–water partition coefficient (Wildman–Crippen LogP) is 2.35. The van der Waals surface area contributed by atoms with Gasteiger partial charge in [0, 0.05) is 27.7 Å². The molecule has 2 aromatic rings. The molecule has 7 heteroatoms. The van der Waals surface area contributed by atoms with Gasteiger partial charge in [-0.2, -0.15) is 15.0 Å². The summed E-state index contributed by atoms with van der Waals surface area (Å²) in [6, 6.07) is 8.13. The first-order valence-corrected chi connectivity index (χ1v) is 6.86. The maximum absolute atomic E-state index is 5.90. The van der Waals surface area contributed by atoms with E-state index in [1.54, 1.807) is 12.0 Å². The van der Waals surface area contributed by atoms with Crippen molar-refractivity contribution in [3.8, 4) is 0 Å². The molecule has 6 nitrogen and oxygen atoms in total. The minimum atomic E-state index is 0.171. The van der Waals surface area contributed by atoms with Crippen LogP contribution in [-0.2, 0) is 17.9 Å². The molecule has 0 radical (unpaired) electrons. The third-order valence-electron chi connectivity index (χ3n) is 2.75. The summed E-state index contributed by atoms with van der Waals surface area (Å²) >= 11 is 5.90. The second-order valence-electron chi connectivity index (χ2n) is 4.73. The second kappa shape index (κ2) is 7.19. The molecule has 1 heterocycles. The molecule has 1 aromatic heterocycles. The first kappa shape index (κ1) is 15.5. The highest BCUT2D eigenvalue weighted by molar-refractivity contribution is 6.28. The van der Waals surface area contributed by atoms with Gasteiger partial charge in [0.25, 0.3) is 0 Å². The van der Waals surface area contributed by atoms with Crippen molar-refractivity contribution in [1.29, 1.82) is 0 Å². The normalized spacial score (nSPS) is 10.5. The monoisotopic (exact) mass is 307 g/mol. The molecular formula is C14H18ClN5O. The Balaban J connectivity index is 2.07. The maximum Gasteiger partial charge on any atom is 0.230 e. The van der Waals surface area contributed by atoms with Gasteiger partial charge in [-0.3, -0.25) is 0 Å². The molecule has 112 valence electrons. The molecule has 21 heavy (non-hydrogen) atoms. The van der Waals surface area contributed by atoms with Crippen LogP contribution in [0.4, 0.5) is 11.9 Å². The van der Waals surface area contributed by atoms with Gasteiger partial charge in [0.2, 0.25) is 17.2 Å². The van der Waals surface area contributed by atoms with Crippen LogP contribution in [0.25, 0.3) is 0 Å². The Morgan fingerprint density at radius 2 is 1.95 bits per heavy atom. The van der Waals surface area contributed by atoms with E-state index in [0.717, 1.165) is 11.1 Å². The van der Waals surface area contributed by atoms with E-state index in [1.165, 1.54) is 0 Å². The van der Waals surface area contributed by atoms with E-state index >= 15 is 0 Å². The van der Waals surface area contributed by atoms with Crippen LogP contribution < -0.4 is 10.2 Å². The Labute approximate surface area is 129 Å². The van der Waals surface area contributed by atoms with Crippen molar-refractivity contribution in [3.63, 3.8) is 0 Å². The quantitative estimate of drug-likeness (QED) is 0.884. The number of nitrogens with one attached hydrogen (secondary N) is 1. The minimum absolute atomic E-state index is 0.171. The van der Waals surface area contributed by atoms with Gasteiger partial charge in [-0.15, -0.1) is 0 Å². The van der Waals surface area contributed by atoms with Gasteiger partial charge in [-0.25, -0.2) is 0 Å². The van der Waals surface area contributed by atoms with Crippen LogP contribution in [-0.4, -0.2) is 36.2 Å². The average Bonchev–Trinajstić information content (AvgIpc) is 2.45. The summed E-state index contributed by atoms with van der Waals surface area (Å²) in [4.78, 5) is 14.2. The van der Waals surface area contributed by atoms with E-state index in [2.05, 4.69) is 26.3 Å². The summed E-state index contributed by atoms with van der Waals surface area (Å²) in [6.07, 6.45) is 0. The fourth-order valence-corrected chi connectivity index (χ4v) is 1.95. The van der Waals surface area contributed by atoms with E-state index in [-0.39, 0.29) is 5.28 Å². The Morgan fingerprint density at radius 1 is 1.19 bits per heavy atom. The molecule has 2 rings (SSSR count). The van der Waals surface area contributed by atoms with Gasteiger partial charge in [0.05, 0.1) is 6.61 Å². The number of anilines is 2. The zero-order chi connectivity index (χ0) is 15.2. The SMILES string of the molecule is COCc1cccc(CNc2nc(Cl)nc(N(C)C)n2)c1. The molecule has 0 spiro atoms. The number of aromatic nitrogens is 3. The molecule has 0 fully saturated rings. The number of rotatable bonds is 6. The Morgan fingerprint density at radius 3 is 2.67 bits per heavy atom. The summed E-state index contributed by atoms with van der Waals surface area (Å²) in [5, 5.41) is 3.32. The lowest BCUT2D eigenvalue weighted by Gasteiger charge is -2.12. The summed E-state index contributed by atoms with van der Waals surface area (Å²) in [5.41, 5.74) is 2.24. The molecular weight excluding hydrogens is 290 g/mol. The molecule has 0 aliphatic heterocycles. The number of nitrogens with zero attached hydrogens (tertiary/aromatic N) is 4. The van der Waals surface area contributed by atoms with Crippen molar-refractivity contribution in [2.24, 2.45) is 0 Å². The van der Waals surface area contributed by atoms with E-state index < -0.39 is 0 Å². The van der Waals surface area contributed by atoms with Crippen LogP contribution in [0.1, 0.15) is 11.1 Å². The molecule has 0 aliphatic rings. The van der Waals surface area contributed by atoms with Gasteiger partial charge in [0.1, 0.15) is 0 Å². The van der Waals surface area contributed by atoms with Crippen LogP contribution in [0.2, 0.25) is 5.28 Å². The van der Waals surface area contributed by atoms with E-state index in [9.17, 15) is 0 Å². The number of benzene rings is 1. The highest BCUT2D eigenvalue weighted by Crippen LogP contribution is 2.13. The molecule has 0 bridgehead atoms. The average molecular weight is 308 g/mol. The topological polar surface area (TPSA) is 63.2 Å². The summed E-state index contributed by atoms with van der Waals surface area (Å²) in [5.74, 6) is 0.974.